The molecule has 178 valence electrons. The van der Waals surface area contributed by atoms with Crippen molar-refractivity contribution in [3.63, 3.8) is 0 Å². The zero-order chi connectivity index (χ0) is 24.2. The van der Waals surface area contributed by atoms with Gasteiger partial charge in [-0.2, -0.15) is 0 Å². The first-order valence-corrected chi connectivity index (χ1v) is 12.3. The van der Waals surface area contributed by atoms with E-state index >= 15 is 0 Å². The van der Waals surface area contributed by atoms with Crippen LogP contribution in [0.25, 0.3) is 5.69 Å². The van der Waals surface area contributed by atoms with Gasteiger partial charge in [0.05, 0.1) is 11.4 Å². The highest BCUT2D eigenvalue weighted by atomic mass is 35.5. The number of aromatic nitrogens is 5. The number of rotatable bonds is 6. The fourth-order valence-corrected chi connectivity index (χ4v) is 4.85. The van der Waals surface area contributed by atoms with Crippen molar-refractivity contribution in [2.75, 3.05) is 31.1 Å². The van der Waals surface area contributed by atoms with Gasteiger partial charge in [0.25, 0.3) is 5.91 Å². The molecule has 1 aliphatic rings. The molecule has 1 aliphatic heterocycles. The highest BCUT2D eigenvalue weighted by Gasteiger charge is 2.28. The third kappa shape index (κ3) is 5.28. The smallest absolute Gasteiger partial charge is 0.276 e. The quantitative estimate of drug-likeness (QED) is 0.286. The molecule has 0 bridgehead atoms. The van der Waals surface area contributed by atoms with Gasteiger partial charge in [-0.3, -0.25) is 4.79 Å². The minimum atomic E-state index is -0.351. The summed E-state index contributed by atoms with van der Waals surface area (Å²) in [5, 5.41) is 9.73. The highest BCUT2D eigenvalue weighted by Crippen LogP contribution is 2.25. The number of anilines is 1. The van der Waals surface area contributed by atoms with E-state index < -0.39 is 0 Å². The third-order valence-corrected chi connectivity index (χ3v) is 6.78. The Morgan fingerprint density at radius 3 is 2.43 bits per heavy atom. The van der Waals surface area contributed by atoms with Gasteiger partial charge in [-0.15, -0.1) is 5.10 Å². The van der Waals surface area contributed by atoms with E-state index in [1.165, 1.54) is 23.9 Å². The summed E-state index contributed by atoms with van der Waals surface area (Å²) < 4.78 is 15.1. The lowest BCUT2D eigenvalue weighted by molar-refractivity contribution is 0.0740. The number of hydrogen-bond acceptors (Lipinski definition) is 7. The molecule has 0 saturated carbocycles. The van der Waals surface area contributed by atoms with E-state index in [4.69, 9.17) is 11.6 Å². The Kier molecular flexibility index (Phi) is 6.91. The molecule has 5 rings (SSSR count). The zero-order valence-electron chi connectivity index (χ0n) is 18.6. The van der Waals surface area contributed by atoms with Crippen LogP contribution >= 0.6 is 23.4 Å². The van der Waals surface area contributed by atoms with Crippen LogP contribution in [-0.2, 0) is 5.75 Å². The van der Waals surface area contributed by atoms with E-state index in [0.717, 1.165) is 5.69 Å². The molecule has 2 aromatic heterocycles. The summed E-state index contributed by atoms with van der Waals surface area (Å²) in [5.41, 5.74) is 2.53. The van der Waals surface area contributed by atoms with Crippen LogP contribution in [0, 0.1) is 5.82 Å². The topological polar surface area (TPSA) is 80.0 Å². The van der Waals surface area contributed by atoms with Crippen LogP contribution in [0.15, 0.2) is 72.1 Å². The Bertz CT molecular complexity index is 1310. The van der Waals surface area contributed by atoms with Crippen LogP contribution in [-0.4, -0.2) is 61.9 Å². The summed E-state index contributed by atoms with van der Waals surface area (Å²) in [5.74, 6) is -0.164. The molecule has 4 aromatic rings. The van der Waals surface area contributed by atoms with Gasteiger partial charge >= 0.3 is 0 Å². The number of halogens is 2. The molecule has 3 heterocycles. The second kappa shape index (κ2) is 10.4. The fourth-order valence-electron chi connectivity index (χ4n) is 3.87. The molecule has 0 N–H and O–H groups in total. The molecule has 11 heteroatoms. The standard InChI is InChI=1S/C24H21ClFN7OS/c25-17-3-1-4-20(15-17)31-11-13-32(14-12-31)23(34)22-21(16-35-24-27-9-2-10-28-24)33(30-29-22)19-7-5-18(26)6-8-19/h1-10,15H,11-14,16H2. The van der Waals surface area contributed by atoms with Gasteiger partial charge in [0, 0.05) is 55.0 Å². The summed E-state index contributed by atoms with van der Waals surface area (Å²) in [6.07, 6.45) is 3.33. The average Bonchev–Trinajstić information content (AvgIpc) is 3.32. The number of amides is 1. The van der Waals surface area contributed by atoms with Gasteiger partial charge < -0.3 is 9.80 Å². The molecule has 2 aromatic carbocycles. The van der Waals surface area contributed by atoms with E-state index in [0.29, 0.717) is 53.5 Å². The summed E-state index contributed by atoms with van der Waals surface area (Å²) in [6, 6.07) is 15.4. The van der Waals surface area contributed by atoms with E-state index in [1.54, 1.807) is 40.2 Å². The van der Waals surface area contributed by atoms with Crippen LogP contribution in [0.4, 0.5) is 10.1 Å². The molecule has 35 heavy (non-hydrogen) atoms. The van der Waals surface area contributed by atoms with Gasteiger partial charge in [-0.1, -0.05) is 34.6 Å². The summed E-state index contributed by atoms with van der Waals surface area (Å²) in [4.78, 5) is 26.0. The maximum atomic E-state index is 13.5. The maximum absolute atomic E-state index is 13.5. The number of benzene rings is 2. The van der Waals surface area contributed by atoms with Crippen molar-refractivity contribution in [2.24, 2.45) is 0 Å². The molecule has 0 aliphatic carbocycles. The second-order valence-corrected chi connectivity index (χ2v) is 9.23. The van der Waals surface area contributed by atoms with Crippen LogP contribution in [0.1, 0.15) is 16.2 Å². The van der Waals surface area contributed by atoms with E-state index in [9.17, 15) is 9.18 Å². The van der Waals surface area contributed by atoms with Crippen molar-refractivity contribution in [3.8, 4) is 5.69 Å². The number of nitrogens with zero attached hydrogens (tertiary/aromatic N) is 7. The number of hydrogen-bond donors (Lipinski definition) is 0. The van der Waals surface area contributed by atoms with E-state index in [2.05, 4.69) is 25.2 Å². The Morgan fingerprint density at radius 2 is 1.71 bits per heavy atom. The molecule has 0 radical (unpaired) electrons. The highest BCUT2D eigenvalue weighted by molar-refractivity contribution is 7.98. The first-order chi connectivity index (χ1) is 17.1. The maximum Gasteiger partial charge on any atom is 0.276 e. The molecular weight excluding hydrogens is 489 g/mol. The zero-order valence-corrected chi connectivity index (χ0v) is 20.2. The molecule has 0 spiro atoms. The molecule has 1 amide bonds. The SMILES string of the molecule is O=C(c1nnn(-c2ccc(F)cc2)c1CSc1ncccn1)N1CCN(c2cccc(Cl)c2)CC1. The van der Waals surface area contributed by atoms with Crippen molar-refractivity contribution >= 4 is 35.0 Å². The van der Waals surface area contributed by atoms with Gasteiger partial charge in [0.15, 0.2) is 10.9 Å². The number of carbonyl (C=O) groups is 1. The lowest BCUT2D eigenvalue weighted by Gasteiger charge is -2.36. The first-order valence-electron chi connectivity index (χ1n) is 11.0. The van der Waals surface area contributed by atoms with Gasteiger partial charge in [-0.05, 0) is 48.5 Å². The molecule has 1 fully saturated rings. The summed E-state index contributed by atoms with van der Waals surface area (Å²) in [6.45, 7) is 2.45. The predicted octanol–water partition coefficient (Wildman–Crippen LogP) is 4.10. The largest absolute Gasteiger partial charge is 0.368 e. The van der Waals surface area contributed by atoms with Crippen molar-refractivity contribution in [2.45, 2.75) is 10.9 Å². The predicted molar refractivity (Wildman–Crippen MR) is 132 cm³/mol. The molecule has 1 saturated heterocycles. The number of thioether (sulfide) groups is 1. The Labute approximate surface area is 210 Å². The second-order valence-electron chi connectivity index (χ2n) is 7.85. The lowest BCUT2D eigenvalue weighted by atomic mass is 10.2. The molecule has 0 unspecified atom stereocenters. The van der Waals surface area contributed by atoms with Crippen molar-refractivity contribution in [3.05, 3.63) is 89.2 Å². The van der Waals surface area contributed by atoms with Gasteiger partial charge in [-0.25, -0.2) is 19.0 Å². The molecule has 0 atom stereocenters. The van der Waals surface area contributed by atoms with Crippen LogP contribution in [0.2, 0.25) is 5.02 Å². The first kappa shape index (κ1) is 23.3. The van der Waals surface area contributed by atoms with Crippen molar-refractivity contribution < 1.29 is 9.18 Å². The third-order valence-electron chi connectivity index (χ3n) is 5.66. The van der Waals surface area contributed by atoms with Crippen LogP contribution in [0.3, 0.4) is 0 Å². The van der Waals surface area contributed by atoms with Crippen molar-refractivity contribution in [1.29, 1.82) is 0 Å². The molecular formula is C24H21ClFN7OS. The average molecular weight is 510 g/mol. The van der Waals surface area contributed by atoms with Crippen molar-refractivity contribution in [1.82, 2.24) is 29.9 Å². The monoisotopic (exact) mass is 509 g/mol. The summed E-state index contributed by atoms with van der Waals surface area (Å²) in [7, 11) is 0. The summed E-state index contributed by atoms with van der Waals surface area (Å²) >= 11 is 7.51. The van der Waals surface area contributed by atoms with Gasteiger partial charge in [0.2, 0.25) is 0 Å². The molecule has 8 nitrogen and oxygen atoms in total. The van der Waals surface area contributed by atoms with E-state index in [1.807, 2.05) is 24.3 Å². The minimum Gasteiger partial charge on any atom is -0.368 e. The van der Waals surface area contributed by atoms with Crippen LogP contribution in [0.5, 0.6) is 0 Å². The van der Waals surface area contributed by atoms with Crippen LogP contribution < -0.4 is 4.90 Å². The van der Waals surface area contributed by atoms with E-state index in [-0.39, 0.29) is 17.4 Å². The Balaban J connectivity index is 1.37. The van der Waals surface area contributed by atoms with Gasteiger partial charge in [0.1, 0.15) is 5.82 Å². The normalized spacial score (nSPS) is 13.8. The Morgan fingerprint density at radius 1 is 0.971 bits per heavy atom. The fraction of sp³-hybridized carbons (Fsp3) is 0.208. The Hall–Kier alpha value is -3.50. The minimum absolute atomic E-state index is 0.186. The number of carbonyl (C=O) groups excluding carboxylic acids is 1. The number of piperazine rings is 1. The lowest BCUT2D eigenvalue weighted by Crippen LogP contribution is -2.49.